The molecule has 41 heavy (non-hydrogen) atoms. The van der Waals surface area contributed by atoms with Gasteiger partial charge in [0.05, 0.1) is 36.7 Å². The lowest BCUT2D eigenvalue weighted by molar-refractivity contribution is -0.126. The zero-order valence-corrected chi connectivity index (χ0v) is 23.4. The maximum atomic E-state index is 14.5. The summed E-state index contributed by atoms with van der Waals surface area (Å²) in [6.07, 6.45) is 3.23. The number of rotatable bonds is 9. The monoisotopic (exact) mass is 583 g/mol. The average molecular weight is 584 g/mol. The van der Waals surface area contributed by atoms with E-state index in [0.29, 0.717) is 46.8 Å². The Morgan fingerprint density at radius 3 is 2.78 bits per heavy atom. The van der Waals surface area contributed by atoms with Crippen LogP contribution >= 0.6 is 11.6 Å². The van der Waals surface area contributed by atoms with E-state index in [1.807, 2.05) is 12.1 Å². The van der Waals surface area contributed by atoms with Crippen LogP contribution in [-0.2, 0) is 16.1 Å². The number of hydrogen-bond donors (Lipinski definition) is 3. The molecule has 3 aromatic rings. The van der Waals surface area contributed by atoms with Gasteiger partial charge < -0.3 is 30.1 Å². The number of fused-ring (bicyclic) bond motifs is 1. The number of aliphatic hydroxyl groups excluding tert-OH is 1. The highest BCUT2D eigenvalue weighted by atomic mass is 35.5. The van der Waals surface area contributed by atoms with Crippen LogP contribution in [0.2, 0.25) is 5.02 Å². The second-order valence-corrected chi connectivity index (χ2v) is 10.4. The number of anilines is 1. The predicted molar refractivity (Wildman–Crippen MR) is 150 cm³/mol. The SMILES string of the molecule is COc1ccc(F)c(C(CO)NC(=O)C(C)N2Cc3ccc(-c4nc(NC5CCOCC5)ncc4Cl)cc3C2=O)c1. The molecule has 5 rings (SSSR count). The van der Waals surface area contributed by atoms with E-state index >= 15 is 0 Å². The Balaban J connectivity index is 1.31. The molecule has 2 aromatic carbocycles. The van der Waals surface area contributed by atoms with Gasteiger partial charge in [0.2, 0.25) is 11.9 Å². The first-order chi connectivity index (χ1) is 19.8. The van der Waals surface area contributed by atoms with Crippen molar-refractivity contribution in [2.75, 3.05) is 32.2 Å². The zero-order valence-electron chi connectivity index (χ0n) is 22.7. The van der Waals surface area contributed by atoms with Crippen molar-refractivity contribution >= 4 is 29.4 Å². The highest BCUT2D eigenvalue weighted by molar-refractivity contribution is 6.33. The second kappa shape index (κ2) is 12.4. The Labute approximate surface area is 241 Å². The second-order valence-electron chi connectivity index (χ2n) is 10.0. The van der Waals surface area contributed by atoms with Crippen molar-refractivity contribution in [3.8, 4) is 17.0 Å². The summed E-state index contributed by atoms with van der Waals surface area (Å²) in [5.41, 5.74) is 2.41. The van der Waals surface area contributed by atoms with Crippen molar-refractivity contribution in [3.63, 3.8) is 0 Å². The Hall–Kier alpha value is -3.80. The smallest absolute Gasteiger partial charge is 0.255 e. The molecule has 0 aliphatic carbocycles. The number of carbonyl (C=O) groups is 2. The van der Waals surface area contributed by atoms with Crippen LogP contribution < -0.4 is 15.4 Å². The summed E-state index contributed by atoms with van der Waals surface area (Å²) in [5, 5.41) is 16.2. The van der Waals surface area contributed by atoms with E-state index in [1.165, 1.54) is 36.4 Å². The first-order valence-electron chi connectivity index (χ1n) is 13.3. The quantitative estimate of drug-likeness (QED) is 0.348. The number of aromatic nitrogens is 2. The topological polar surface area (TPSA) is 126 Å². The lowest BCUT2D eigenvalue weighted by atomic mass is 10.0. The molecular weight excluding hydrogens is 553 g/mol. The molecule has 2 atom stereocenters. The van der Waals surface area contributed by atoms with Gasteiger partial charge in [-0.1, -0.05) is 23.7 Å². The molecule has 216 valence electrons. The minimum Gasteiger partial charge on any atom is -0.497 e. The third kappa shape index (κ3) is 6.12. The fraction of sp³-hybridized carbons (Fsp3) is 0.379. The molecule has 2 unspecified atom stereocenters. The van der Waals surface area contributed by atoms with Crippen molar-refractivity contribution in [2.24, 2.45) is 0 Å². The Bertz CT molecular complexity index is 1450. The molecular formula is C29H31ClFN5O5. The van der Waals surface area contributed by atoms with Crippen LogP contribution in [0.15, 0.2) is 42.6 Å². The number of ether oxygens (including phenoxy) is 2. The third-order valence-electron chi connectivity index (χ3n) is 7.44. The number of methoxy groups -OCH3 is 1. The van der Waals surface area contributed by atoms with Gasteiger partial charge in [0, 0.05) is 42.5 Å². The third-order valence-corrected chi connectivity index (χ3v) is 7.72. The van der Waals surface area contributed by atoms with E-state index in [2.05, 4.69) is 20.6 Å². The Morgan fingerprint density at radius 1 is 1.27 bits per heavy atom. The summed E-state index contributed by atoms with van der Waals surface area (Å²) >= 11 is 6.45. The van der Waals surface area contributed by atoms with E-state index in [4.69, 9.17) is 21.1 Å². The van der Waals surface area contributed by atoms with Gasteiger partial charge in [-0.3, -0.25) is 9.59 Å². The standard InChI is InChI=1S/C29H31ClFN5O5/c1-16(27(38)34-25(15-37)22-12-20(40-2)5-6-24(22)31)36-14-18-4-3-17(11-21(18)28(36)39)26-23(30)13-32-29(35-26)33-19-7-9-41-10-8-19/h3-6,11-13,16,19,25,37H,7-10,14-15H2,1-2H3,(H,34,38)(H,32,33,35). The van der Waals surface area contributed by atoms with Gasteiger partial charge >= 0.3 is 0 Å². The molecule has 3 N–H and O–H groups in total. The highest BCUT2D eigenvalue weighted by Crippen LogP contribution is 2.33. The first kappa shape index (κ1) is 28.7. The fourth-order valence-corrected chi connectivity index (χ4v) is 5.22. The van der Waals surface area contributed by atoms with E-state index < -0.39 is 30.4 Å². The summed E-state index contributed by atoms with van der Waals surface area (Å²) in [6, 6.07) is 7.74. The van der Waals surface area contributed by atoms with Crippen LogP contribution in [0.1, 0.15) is 47.3 Å². The number of halogens is 2. The highest BCUT2D eigenvalue weighted by Gasteiger charge is 2.35. The van der Waals surface area contributed by atoms with Crippen LogP contribution in [0.3, 0.4) is 0 Å². The normalized spacial score (nSPS) is 16.7. The molecule has 10 nitrogen and oxygen atoms in total. The molecule has 0 spiro atoms. The molecule has 2 aliphatic heterocycles. The van der Waals surface area contributed by atoms with Gasteiger partial charge in [0.25, 0.3) is 5.91 Å². The number of carbonyl (C=O) groups excluding carboxylic acids is 2. The number of amides is 2. The lowest BCUT2D eigenvalue weighted by Crippen LogP contribution is -2.46. The van der Waals surface area contributed by atoms with Crippen molar-refractivity contribution in [2.45, 2.75) is 44.4 Å². The van der Waals surface area contributed by atoms with Crippen LogP contribution in [-0.4, -0.2) is 70.8 Å². The molecule has 3 heterocycles. The average Bonchev–Trinajstić information content (AvgIpc) is 3.32. The summed E-state index contributed by atoms with van der Waals surface area (Å²) in [7, 11) is 1.44. The minimum absolute atomic E-state index is 0.0838. The zero-order chi connectivity index (χ0) is 29.1. The van der Waals surface area contributed by atoms with Gasteiger partial charge in [-0.05, 0) is 49.6 Å². The van der Waals surface area contributed by atoms with Crippen molar-refractivity contribution in [1.82, 2.24) is 20.2 Å². The molecule has 2 aliphatic rings. The van der Waals surface area contributed by atoms with Crippen LogP contribution in [0.25, 0.3) is 11.3 Å². The number of hydrogen-bond acceptors (Lipinski definition) is 8. The van der Waals surface area contributed by atoms with Crippen molar-refractivity contribution in [3.05, 3.63) is 70.1 Å². The van der Waals surface area contributed by atoms with Crippen LogP contribution in [0.4, 0.5) is 10.3 Å². The first-order valence-corrected chi connectivity index (χ1v) is 13.7. The Morgan fingerprint density at radius 2 is 2.05 bits per heavy atom. The number of nitrogens with zero attached hydrogens (tertiary/aromatic N) is 3. The van der Waals surface area contributed by atoms with Crippen LogP contribution in [0.5, 0.6) is 5.75 Å². The Kier molecular flexibility index (Phi) is 8.67. The number of aliphatic hydroxyl groups is 1. The summed E-state index contributed by atoms with van der Waals surface area (Å²) in [5.74, 6) is -0.623. The molecule has 1 aromatic heterocycles. The van der Waals surface area contributed by atoms with Crippen molar-refractivity contribution < 1.29 is 28.6 Å². The van der Waals surface area contributed by atoms with Gasteiger partial charge in [-0.15, -0.1) is 0 Å². The predicted octanol–water partition coefficient (Wildman–Crippen LogP) is 3.73. The molecule has 2 amide bonds. The molecule has 0 saturated carbocycles. The summed E-state index contributed by atoms with van der Waals surface area (Å²) < 4.78 is 25.0. The lowest BCUT2D eigenvalue weighted by Gasteiger charge is -2.26. The van der Waals surface area contributed by atoms with Crippen molar-refractivity contribution in [1.29, 1.82) is 0 Å². The maximum absolute atomic E-state index is 14.5. The van der Waals surface area contributed by atoms with E-state index in [9.17, 15) is 19.1 Å². The van der Waals surface area contributed by atoms with Gasteiger partial charge in [-0.25, -0.2) is 14.4 Å². The van der Waals surface area contributed by atoms with E-state index in [0.717, 1.165) is 18.4 Å². The van der Waals surface area contributed by atoms with Crippen LogP contribution in [0, 0.1) is 5.82 Å². The largest absolute Gasteiger partial charge is 0.497 e. The van der Waals surface area contributed by atoms with Gasteiger partial charge in [-0.2, -0.15) is 0 Å². The molecule has 1 fully saturated rings. The minimum atomic E-state index is -1.02. The number of benzene rings is 2. The van der Waals surface area contributed by atoms with Gasteiger partial charge in [0.1, 0.15) is 17.6 Å². The molecule has 0 radical (unpaired) electrons. The molecule has 1 saturated heterocycles. The van der Waals surface area contributed by atoms with Gasteiger partial charge in [0.15, 0.2) is 0 Å². The fourth-order valence-electron chi connectivity index (χ4n) is 5.02. The molecule has 0 bridgehead atoms. The summed E-state index contributed by atoms with van der Waals surface area (Å²) in [6.45, 7) is 2.62. The van der Waals surface area contributed by atoms with E-state index in [1.54, 1.807) is 13.0 Å². The maximum Gasteiger partial charge on any atom is 0.255 e. The number of nitrogens with one attached hydrogen (secondary N) is 2. The molecule has 12 heteroatoms. The van der Waals surface area contributed by atoms with E-state index in [-0.39, 0.29) is 24.1 Å². The summed E-state index contributed by atoms with van der Waals surface area (Å²) in [4.78, 5) is 36.9.